The van der Waals surface area contributed by atoms with Crippen molar-refractivity contribution in [3.63, 3.8) is 0 Å². The van der Waals surface area contributed by atoms with Crippen molar-refractivity contribution < 1.29 is 9.18 Å². The maximum absolute atomic E-state index is 13.4. The van der Waals surface area contributed by atoms with E-state index in [0.717, 1.165) is 36.3 Å². The van der Waals surface area contributed by atoms with E-state index < -0.39 is 0 Å². The molecule has 2 aliphatic carbocycles. The predicted octanol–water partition coefficient (Wildman–Crippen LogP) is 2.31. The molecule has 1 aromatic carbocycles. The summed E-state index contributed by atoms with van der Waals surface area (Å²) in [5.41, 5.74) is 6.93. The Morgan fingerprint density at radius 1 is 1.29 bits per heavy atom. The molecule has 5 atom stereocenters. The predicted molar refractivity (Wildman–Crippen MR) is 90.2 cm³/mol. The van der Waals surface area contributed by atoms with E-state index in [1.165, 1.54) is 25.0 Å². The van der Waals surface area contributed by atoms with Crippen molar-refractivity contribution in [2.75, 3.05) is 13.1 Å². The number of carbonyl (C=O) groups excluding carboxylic acids is 1. The van der Waals surface area contributed by atoms with Gasteiger partial charge in [0.2, 0.25) is 5.91 Å². The van der Waals surface area contributed by atoms with Gasteiger partial charge in [0.15, 0.2) is 0 Å². The van der Waals surface area contributed by atoms with Crippen molar-refractivity contribution in [1.82, 2.24) is 16.2 Å². The van der Waals surface area contributed by atoms with Crippen LogP contribution in [0.15, 0.2) is 36.4 Å². The Hall–Kier alpha value is -1.72. The molecular formula is C19H24FN3O. The lowest BCUT2D eigenvalue weighted by Crippen LogP contribution is -2.36. The molecule has 4 nitrogen and oxygen atoms in total. The van der Waals surface area contributed by atoms with Gasteiger partial charge in [0, 0.05) is 13.1 Å². The van der Waals surface area contributed by atoms with Crippen LogP contribution in [-0.4, -0.2) is 19.0 Å². The van der Waals surface area contributed by atoms with E-state index in [9.17, 15) is 9.18 Å². The minimum atomic E-state index is -0.273. The van der Waals surface area contributed by atoms with Gasteiger partial charge in [-0.15, -0.1) is 0 Å². The molecule has 1 amide bonds. The number of amides is 1. The number of nitrogens with one attached hydrogen (secondary N) is 3. The number of rotatable bonds is 5. The van der Waals surface area contributed by atoms with Gasteiger partial charge < -0.3 is 5.32 Å². The molecule has 0 radical (unpaired) electrons. The maximum atomic E-state index is 13.4. The highest BCUT2D eigenvalue weighted by molar-refractivity contribution is 5.80. The molecule has 1 saturated carbocycles. The molecule has 1 aliphatic heterocycles. The van der Waals surface area contributed by atoms with Crippen molar-refractivity contribution in [3.05, 3.63) is 47.8 Å². The molecule has 3 N–H and O–H groups in total. The summed E-state index contributed by atoms with van der Waals surface area (Å²) in [5, 5.41) is 3.09. The van der Waals surface area contributed by atoms with Crippen molar-refractivity contribution in [1.29, 1.82) is 0 Å². The van der Waals surface area contributed by atoms with Crippen LogP contribution in [0.25, 0.3) is 0 Å². The Morgan fingerprint density at radius 2 is 2.21 bits per heavy atom. The topological polar surface area (TPSA) is 53.2 Å². The second-order valence-electron chi connectivity index (χ2n) is 7.28. The molecule has 5 heteroatoms. The highest BCUT2D eigenvalue weighted by Crippen LogP contribution is 2.44. The first-order valence-corrected chi connectivity index (χ1v) is 8.90. The number of carbonyl (C=O) groups is 1. The summed E-state index contributed by atoms with van der Waals surface area (Å²) in [5.74, 6) is 1.77. The average Bonchev–Trinajstić information content (AvgIpc) is 3.31. The van der Waals surface area contributed by atoms with Crippen molar-refractivity contribution in [2.24, 2.45) is 23.7 Å². The molecule has 1 aromatic rings. The van der Waals surface area contributed by atoms with Crippen LogP contribution in [0.1, 0.15) is 30.9 Å². The van der Waals surface area contributed by atoms with Gasteiger partial charge in [0.25, 0.3) is 0 Å². The molecule has 4 rings (SSSR count). The summed E-state index contributed by atoms with van der Waals surface area (Å²) in [6.07, 6.45) is 8.33. The number of allylic oxidation sites excluding steroid dienone is 2. The van der Waals surface area contributed by atoms with Crippen LogP contribution in [-0.2, 0) is 4.79 Å². The van der Waals surface area contributed by atoms with Gasteiger partial charge in [-0.1, -0.05) is 24.3 Å². The van der Waals surface area contributed by atoms with E-state index >= 15 is 0 Å². The zero-order chi connectivity index (χ0) is 16.5. The van der Waals surface area contributed by atoms with Gasteiger partial charge in [0.1, 0.15) is 5.82 Å². The Labute approximate surface area is 141 Å². The van der Waals surface area contributed by atoms with Gasteiger partial charge in [-0.05, 0) is 54.7 Å². The molecule has 1 saturated heterocycles. The Balaban J connectivity index is 1.31. The normalized spacial score (nSPS) is 34.0. The molecule has 2 unspecified atom stereocenters. The first-order valence-electron chi connectivity index (χ1n) is 8.90. The average molecular weight is 329 g/mol. The summed E-state index contributed by atoms with van der Waals surface area (Å²) in [4.78, 5) is 12.5. The molecular weight excluding hydrogens is 305 g/mol. The van der Waals surface area contributed by atoms with E-state index in [1.54, 1.807) is 6.07 Å². The highest BCUT2D eigenvalue weighted by Gasteiger charge is 2.36. The molecule has 0 spiro atoms. The van der Waals surface area contributed by atoms with Gasteiger partial charge >= 0.3 is 0 Å². The zero-order valence-corrected chi connectivity index (χ0v) is 13.7. The van der Waals surface area contributed by atoms with Crippen LogP contribution >= 0.6 is 0 Å². The second-order valence-corrected chi connectivity index (χ2v) is 7.28. The number of fused-ring (bicyclic) bond motifs is 2. The highest BCUT2D eigenvalue weighted by atomic mass is 19.1. The van der Waals surface area contributed by atoms with E-state index in [1.807, 2.05) is 6.07 Å². The number of hydrogen-bond donors (Lipinski definition) is 3. The monoisotopic (exact) mass is 329 g/mol. The van der Waals surface area contributed by atoms with Crippen molar-refractivity contribution >= 4 is 5.91 Å². The fourth-order valence-corrected chi connectivity index (χ4v) is 4.50. The third-order valence-corrected chi connectivity index (χ3v) is 5.76. The molecule has 1 heterocycles. The first kappa shape index (κ1) is 15.8. The molecule has 24 heavy (non-hydrogen) atoms. The summed E-state index contributed by atoms with van der Waals surface area (Å²) >= 11 is 0. The van der Waals surface area contributed by atoms with Crippen LogP contribution < -0.4 is 16.2 Å². The zero-order valence-electron chi connectivity index (χ0n) is 13.7. The van der Waals surface area contributed by atoms with Crippen LogP contribution in [0, 0.1) is 29.5 Å². The van der Waals surface area contributed by atoms with Crippen LogP contribution in [0.2, 0.25) is 0 Å². The number of hydrogen-bond acceptors (Lipinski definition) is 3. The first-order chi connectivity index (χ1) is 11.7. The number of hydrazine groups is 1. The fraction of sp³-hybridized carbons (Fsp3) is 0.526. The minimum Gasteiger partial charge on any atom is -0.356 e. The second kappa shape index (κ2) is 6.65. The molecule has 3 aliphatic rings. The summed E-state index contributed by atoms with van der Waals surface area (Å²) < 4.78 is 13.4. The van der Waals surface area contributed by atoms with E-state index in [2.05, 4.69) is 28.3 Å². The minimum absolute atomic E-state index is 0.0421. The fourth-order valence-electron chi connectivity index (χ4n) is 4.50. The number of halogens is 1. The van der Waals surface area contributed by atoms with Crippen LogP contribution in [0.4, 0.5) is 4.39 Å². The Kier molecular flexibility index (Phi) is 4.37. The molecule has 128 valence electrons. The Bertz CT molecular complexity index is 647. The van der Waals surface area contributed by atoms with Crippen molar-refractivity contribution in [3.8, 4) is 0 Å². The van der Waals surface area contributed by atoms with Gasteiger partial charge in [-0.3, -0.25) is 10.2 Å². The quantitative estimate of drug-likeness (QED) is 0.727. The van der Waals surface area contributed by atoms with Crippen molar-refractivity contribution in [2.45, 2.75) is 25.3 Å². The van der Waals surface area contributed by atoms with Gasteiger partial charge in [-0.25, -0.2) is 9.82 Å². The lowest BCUT2D eigenvalue weighted by Gasteiger charge is -2.21. The summed E-state index contributed by atoms with van der Waals surface area (Å²) in [6.45, 7) is 1.29. The third-order valence-electron chi connectivity index (χ3n) is 5.76. The lowest BCUT2D eigenvalue weighted by molar-refractivity contribution is -0.125. The van der Waals surface area contributed by atoms with E-state index in [0.29, 0.717) is 6.54 Å². The van der Waals surface area contributed by atoms with E-state index in [4.69, 9.17) is 0 Å². The lowest BCUT2D eigenvalue weighted by atomic mass is 9.90. The van der Waals surface area contributed by atoms with Gasteiger partial charge in [-0.2, -0.15) is 0 Å². The molecule has 2 fully saturated rings. The maximum Gasteiger partial charge on any atom is 0.226 e. The molecule has 2 bridgehead atoms. The van der Waals surface area contributed by atoms with Gasteiger partial charge in [0.05, 0.1) is 12.0 Å². The summed E-state index contributed by atoms with van der Waals surface area (Å²) in [6, 6.07) is 6.26. The van der Waals surface area contributed by atoms with Crippen LogP contribution in [0.5, 0.6) is 0 Å². The third kappa shape index (κ3) is 3.10. The molecule has 0 aromatic heterocycles. The smallest absolute Gasteiger partial charge is 0.226 e. The number of benzene rings is 1. The summed E-state index contributed by atoms with van der Waals surface area (Å²) in [7, 11) is 0. The SMILES string of the molecule is O=C(NCC[C@@H]1C[C@@H]2C=C[C@H]1C2)C1CNNC1c1cccc(F)c1. The Morgan fingerprint density at radius 3 is 2.96 bits per heavy atom. The largest absolute Gasteiger partial charge is 0.356 e. The van der Waals surface area contributed by atoms with E-state index in [-0.39, 0.29) is 23.7 Å². The van der Waals surface area contributed by atoms with Crippen LogP contribution in [0.3, 0.4) is 0 Å². The standard InChI is InChI=1S/C19H24FN3O/c20-16-3-1-2-15(10-16)18-17(11-22-23-18)19(24)21-7-6-14-9-12-4-5-13(14)8-12/h1-5,10,12-14,17-18,22-23H,6-9,11H2,(H,21,24)/t12-,13+,14-,17?,18?/m1/s1.